The third-order valence-corrected chi connectivity index (χ3v) is 6.11. The fourth-order valence-corrected chi connectivity index (χ4v) is 4.27. The number of piperidine rings is 1. The molecule has 1 atom stereocenters. The first-order valence-corrected chi connectivity index (χ1v) is 10.0. The Balaban J connectivity index is 1.71. The molecule has 5 nitrogen and oxygen atoms in total. The minimum atomic E-state index is -0.584. The Kier molecular flexibility index (Phi) is 5.21. The molecule has 29 heavy (non-hydrogen) atoms. The third-order valence-electron chi connectivity index (χ3n) is 5.65. The Labute approximate surface area is 173 Å². The molecule has 0 spiro atoms. The van der Waals surface area contributed by atoms with Gasteiger partial charge in [-0.3, -0.25) is 9.59 Å². The summed E-state index contributed by atoms with van der Waals surface area (Å²) < 4.78 is 20.4. The smallest absolute Gasteiger partial charge is 0.257 e. The number of amides is 2. The second kappa shape index (κ2) is 7.67. The average Bonchev–Trinajstić information content (AvgIpc) is 2.80. The molecule has 2 aliphatic heterocycles. The van der Waals surface area contributed by atoms with Gasteiger partial charge in [-0.2, -0.15) is 0 Å². The average molecular weight is 417 g/mol. The molecule has 152 valence electrons. The van der Waals surface area contributed by atoms with Gasteiger partial charge in [0.25, 0.3) is 11.8 Å². The number of carbonyl (C=O) groups is 2. The molecule has 0 aliphatic carbocycles. The molecule has 7 heteroatoms. The van der Waals surface area contributed by atoms with Gasteiger partial charge in [0.15, 0.2) is 5.75 Å². The highest BCUT2D eigenvalue weighted by Gasteiger charge is 2.34. The normalized spacial score (nSPS) is 18.0. The van der Waals surface area contributed by atoms with Gasteiger partial charge in [0, 0.05) is 13.6 Å². The summed E-state index contributed by atoms with van der Waals surface area (Å²) in [7, 11) is 1.46. The second-order valence-corrected chi connectivity index (χ2v) is 7.93. The summed E-state index contributed by atoms with van der Waals surface area (Å²) in [6, 6.07) is 6.33. The van der Waals surface area contributed by atoms with Gasteiger partial charge in [0.05, 0.1) is 22.7 Å². The van der Waals surface area contributed by atoms with Crippen molar-refractivity contribution in [2.45, 2.75) is 32.3 Å². The highest BCUT2D eigenvalue weighted by molar-refractivity contribution is 6.33. The zero-order valence-electron chi connectivity index (χ0n) is 16.4. The van der Waals surface area contributed by atoms with E-state index in [9.17, 15) is 14.0 Å². The number of halogens is 2. The summed E-state index contributed by atoms with van der Waals surface area (Å²) in [5, 5.41) is 2.85. The van der Waals surface area contributed by atoms with Gasteiger partial charge < -0.3 is 15.0 Å². The van der Waals surface area contributed by atoms with E-state index in [4.69, 9.17) is 16.3 Å². The van der Waals surface area contributed by atoms with E-state index >= 15 is 0 Å². The third kappa shape index (κ3) is 3.57. The molecule has 2 amide bonds. The van der Waals surface area contributed by atoms with Gasteiger partial charge in [-0.15, -0.1) is 0 Å². The minimum Gasteiger partial charge on any atom is -0.486 e. The predicted octanol–water partition coefficient (Wildman–Crippen LogP) is 3.73. The predicted molar refractivity (Wildman–Crippen MR) is 108 cm³/mol. The van der Waals surface area contributed by atoms with E-state index in [-0.39, 0.29) is 17.6 Å². The zero-order valence-corrected chi connectivity index (χ0v) is 17.1. The molecule has 0 saturated carbocycles. The van der Waals surface area contributed by atoms with Crippen LogP contribution in [0.2, 0.25) is 5.02 Å². The number of benzene rings is 2. The van der Waals surface area contributed by atoms with Crippen molar-refractivity contribution in [3.63, 3.8) is 0 Å². The van der Waals surface area contributed by atoms with Crippen LogP contribution in [-0.4, -0.2) is 43.0 Å². The van der Waals surface area contributed by atoms with Crippen LogP contribution >= 0.6 is 11.6 Å². The lowest BCUT2D eigenvalue weighted by atomic mass is 9.96. The van der Waals surface area contributed by atoms with Crippen molar-refractivity contribution in [2.24, 2.45) is 0 Å². The van der Waals surface area contributed by atoms with Crippen LogP contribution in [0.25, 0.3) is 0 Å². The van der Waals surface area contributed by atoms with Crippen LogP contribution < -0.4 is 10.1 Å². The molecule has 2 aromatic rings. The van der Waals surface area contributed by atoms with Crippen molar-refractivity contribution < 1.29 is 18.7 Å². The maximum Gasteiger partial charge on any atom is 0.257 e. The summed E-state index contributed by atoms with van der Waals surface area (Å²) in [5.74, 6) is -0.680. The van der Waals surface area contributed by atoms with Gasteiger partial charge in [0.2, 0.25) is 0 Å². The molecular weight excluding hydrogens is 395 g/mol. The van der Waals surface area contributed by atoms with Gasteiger partial charge in [-0.05, 0) is 61.1 Å². The van der Waals surface area contributed by atoms with Crippen molar-refractivity contribution in [3.8, 4) is 5.75 Å². The lowest BCUT2D eigenvalue weighted by Crippen LogP contribution is -2.41. The van der Waals surface area contributed by atoms with E-state index in [2.05, 4.69) is 5.32 Å². The van der Waals surface area contributed by atoms with Crippen molar-refractivity contribution in [2.75, 3.05) is 20.1 Å². The van der Waals surface area contributed by atoms with Crippen LogP contribution in [0.15, 0.2) is 24.3 Å². The first kappa shape index (κ1) is 19.7. The maximum atomic E-state index is 14.3. The molecule has 1 fully saturated rings. The van der Waals surface area contributed by atoms with E-state index in [0.29, 0.717) is 41.4 Å². The lowest BCUT2D eigenvalue weighted by molar-refractivity contribution is 0.0613. The standard InChI is InChI=1S/C22H22ClFN2O3/c1-12-14(8-13-5-6-16(18(24)9-13)21(27)25-2)10-17-20(19(12)23)29-15-4-3-7-26(11-15)22(17)28/h5-6,9-10,15H,3-4,7-8,11H2,1-2H3,(H,25,27). The van der Waals surface area contributed by atoms with Crippen molar-refractivity contribution >= 4 is 23.4 Å². The molecule has 2 bridgehead atoms. The van der Waals surface area contributed by atoms with Crippen LogP contribution in [0.3, 0.4) is 0 Å². The molecule has 4 rings (SSSR count). The summed E-state index contributed by atoms with van der Waals surface area (Å²) in [6.45, 7) is 3.16. The van der Waals surface area contributed by atoms with Gasteiger partial charge in [-0.1, -0.05) is 17.7 Å². The quantitative estimate of drug-likeness (QED) is 0.829. The Morgan fingerprint density at radius 1 is 1.38 bits per heavy atom. The van der Waals surface area contributed by atoms with Crippen LogP contribution in [-0.2, 0) is 6.42 Å². The Morgan fingerprint density at radius 3 is 2.90 bits per heavy atom. The highest BCUT2D eigenvalue weighted by Crippen LogP contribution is 2.39. The zero-order chi connectivity index (χ0) is 20.7. The fourth-order valence-electron chi connectivity index (χ4n) is 4.00. The maximum absolute atomic E-state index is 14.3. The SMILES string of the molecule is CNC(=O)c1ccc(Cc2cc3c(c(Cl)c2C)OC2CCCN(C2)C3=O)cc1F. The number of ether oxygens (including phenoxy) is 1. The molecule has 2 aliphatic rings. The summed E-state index contributed by atoms with van der Waals surface area (Å²) in [5.41, 5.74) is 2.78. The van der Waals surface area contributed by atoms with E-state index in [1.54, 1.807) is 6.07 Å². The second-order valence-electron chi connectivity index (χ2n) is 7.55. The lowest BCUT2D eigenvalue weighted by Gasteiger charge is -2.29. The molecule has 0 aromatic heterocycles. The molecule has 1 N–H and O–H groups in total. The fraction of sp³-hybridized carbons (Fsp3) is 0.364. The molecule has 2 heterocycles. The number of rotatable bonds is 3. The van der Waals surface area contributed by atoms with Crippen molar-refractivity contribution in [1.29, 1.82) is 0 Å². The van der Waals surface area contributed by atoms with Crippen molar-refractivity contribution in [3.05, 3.63) is 62.9 Å². The molecular formula is C22H22ClFN2O3. The Hall–Kier alpha value is -2.60. The minimum absolute atomic E-state index is 0.00316. The van der Waals surface area contributed by atoms with Crippen LogP contribution in [0, 0.1) is 12.7 Å². The van der Waals surface area contributed by atoms with E-state index in [1.807, 2.05) is 17.9 Å². The van der Waals surface area contributed by atoms with Gasteiger partial charge in [-0.25, -0.2) is 4.39 Å². The summed E-state index contributed by atoms with van der Waals surface area (Å²) in [6.07, 6.45) is 2.16. The van der Waals surface area contributed by atoms with E-state index < -0.39 is 11.7 Å². The van der Waals surface area contributed by atoms with E-state index in [0.717, 1.165) is 24.0 Å². The first-order valence-electron chi connectivity index (χ1n) is 9.67. The molecule has 1 unspecified atom stereocenters. The van der Waals surface area contributed by atoms with Crippen LogP contribution in [0.1, 0.15) is 50.2 Å². The van der Waals surface area contributed by atoms with Gasteiger partial charge >= 0.3 is 0 Å². The highest BCUT2D eigenvalue weighted by atomic mass is 35.5. The number of hydrogen-bond acceptors (Lipinski definition) is 3. The molecule has 1 saturated heterocycles. The Bertz CT molecular complexity index is 1010. The molecule has 0 radical (unpaired) electrons. The largest absolute Gasteiger partial charge is 0.486 e. The first-order chi connectivity index (χ1) is 13.9. The number of fused-ring (bicyclic) bond motifs is 3. The molecule has 2 aromatic carbocycles. The topological polar surface area (TPSA) is 58.6 Å². The van der Waals surface area contributed by atoms with Gasteiger partial charge in [0.1, 0.15) is 11.9 Å². The van der Waals surface area contributed by atoms with Crippen LogP contribution in [0.4, 0.5) is 4.39 Å². The summed E-state index contributed by atoms with van der Waals surface area (Å²) >= 11 is 6.60. The van der Waals surface area contributed by atoms with Crippen LogP contribution in [0.5, 0.6) is 5.75 Å². The Morgan fingerprint density at radius 2 is 2.17 bits per heavy atom. The number of nitrogens with zero attached hydrogens (tertiary/aromatic N) is 1. The number of nitrogens with one attached hydrogen (secondary N) is 1. The monoisotopic (exact) mass is 416 g/mol. The number of hydrogen-bond donors (Lipinski definition) is 1. The van der Waals surface area contributed by atoms with Crippen molar-refractivity contribution in [1.82, 2.24) is 10.2 Å². The number of carbonyl (C=O) groups excluding carboxylic acids is 2. The summed E-state index contributed by atoms with van der Waals surface area (Å²) in [4.78, 5) is 26.5. The van der Waals surface area contributed by atoms with E-state index in [1.165, 1.54) is 19.2 Å².